The van der Waals surface area contributed by atoms with Crippen LogP contribution < -0.4 is 37.2 Å². The average molecular weight is 2000 g/mol. The number of carbonyl (C=O) groups is 11. The summed E-state index contributed by atoms with van der Waals surface area (Å²) < 4.78 is 76.8. The lowest BCUT2D eigenvalue weighted by Crippen LogP contribution is -2.67. The van der Waals surface area contributed by atoms with Gasteiger partial charge in [0.25, 0.3) is 11.8 Å². The number of rotatable bonds is 54. The van der Waals surface area contributed by atoms with E-state index >= 15 is 0 Å². The Balaban J connectivity index is 0.596. The Kier molecular flexibility index (Phi) is 45.9. The van der Waals surface area contributed by atoms with Crippen molar-refractivity contribution in [3.05, 3.63) is 23.8 Å². The maximum absolute atomic E-state index is 14.2. The molecule has 10 rings (SSSR count). The second-order valence-electron chi connectivity index (χ2n) is 38.2. The Morgan fingerprint density at radius 1 is 0.464 bits per heavy atom. The molecule has 8 aliphatic rings. The minimum absolute atomic E-state index is 0.00630. The number of Topliss-reactive ketones (excluding diaryl/α,β-unsaturated/α-hetero) is 2. The molecule has 8 fully saturated rings. The van der Waals surface area contributed by atoms with Crippen LogP contribution in [0.5, 0.6) is 0 Å². The third-order valence-electron chi connectivity index (χ3n) is 27.8. The summed E-state index contributed by atoms with van der Waals surface area (Å²) in [6.45, 7) is 9.25. The third kappa shape index (κ3) is 33.0. The van der Waals surface area contributed by atoms with Gasteiger partial charge in [0, 0.05) is 71.1 Å². The molecule has 19 N–H and O–H groups in total. The molecule has 4 aliphatic heterocycles. The first-order valence-corrected chi connectivity index (χ1v) is 49.6. The number of aliphatic hydroxyl groups excluding tert-OH is 10. The van der Waals surface area contributed by atoms with Crippen LogP contribution in [0.4, 0.5) is 0 Å². The van der Waals surface area contributed by atoms with Crippen LogP contribution in [0, 0.1) is 35.5 Å². The SMILES string of the molecule is CC[C@@H]1CC(C(=O)NCCNC(=O)c2cn(CCOCCC(=O)CCCCC[C@H](NC(=O)CCOCCn3cc(C(=O)NCCNC(=O)C4C[C@@H](CC)[C@@H](O[C@@H]5OC(C)[C@@H](O)C(O)[C@@H]5O)[C@H](O[C@@H]5OC(CO)[C@@H](O)C(O[C@@H](CC6CCCCC6)C(=O)O)C5NC(C)=O)C4)nn3)C(C)=O)nn2)C[C@@H](O[C@@H]2OC(CO)[C@@H](O)C(O[C@@H](CC3CCCCC3)C(=O)O)C2NC(C)=O)[C@@H]1O[C@@H]1OC(C)[C@@H](O)C(O)[C@@H]1O. The van der Waals surface area contributed by atoms with Gasteiger partial charge in [0.2, 0.25) is 29.5 Å². The Morgan fingerprint density at radius 2 is 0.879 bits per heavy atom. The van der Waals surface area contributed by atoms with Crippen LogP contribution in [0.25, 0.3) is 0 Å². The number of aliphatic hydroxyl groups is 10. The van der Waals surface area contributed by atoms with Crippen molar-refractivity contribution in [1.29, 1.82) is 0 Å². The molecule has 792 valence electrons. The van der Waals surface area contributed by atoms with Gasteiger partial charge in [-0.2, -0.15) is 0 Å². The Labute approximate surface area is 812 Å². The number of ketones is 2. The molecule has 0 radical (unpaired) electrons. The van der Waals surface area contributed by atoms with E-state index in [1.54, 1.807) is 0 Å². The molecular weight excluding hydrogens is 1850 g/mol. The summed E-state index contributed by atoms with van der Waals surface area (Å²) in [6.07, 6.45) is -19.3. The minimum Gasteiger partial charge on any atom is -0.479 e. The number of nitrogens with one attached hydrogen (secondary N) is 7. The van der Waals surface area contributed by atoms with Crippen LogP contribution in [-0.2, 0) is 113 Å². The van der Waals surface area contributed by atoms with Crippen molar-refractivity contribution in [2.45, 2.75) is 387 Å². The summed E-state index contributed by atoms with van der Waals surface area (Å²) in [5.41, 5.74) is -0.0773. The monoisotopic (exact) mass is 2000 g/mol. The van der Waals surface area contributed by atoms with Gasteiger partial charge in [0.1, 0.15) is 91.1 Å². The smallest absolute Gasteiger partial charge is 0.332 e. The number of carbonyl (C=O) groups excluding carboxylic acids is 9. The molecule has 7 amide bonds. The van der Waals surface area contributed by atoms with Crippen molar-refractivity contribution in [1.82, 2.24) is 67.2 Å². The Hall–Kier alpha value is -8.03. The van der Waals surface area contributed by atoms with Gasteiger partial charge < -0.3 is 155 Å². The molecule has 12 unspecified atom stereocenters. The van der Waals surface area contributed by atoms with Gasteiger partial charge in [0.05, 0.1) is 108 Å². The average Bonchev–Trinajstić information content (AvgIpc) is 0.842. The molecule has 31 atom stereocenters. The van der Waals surface area contributed by atoms with Crippen molar-refractivity contribution in [2.75, 3.05) is 65.8 Å². The highest BCUT2D eigenvalue weighted by Gasteiger charge is 2.57. The predicted molar refractivity (Wildman–Crippen MR) is 483 cm³/mol. The summed E-state index contributed by atoms with van der Waals surface area (Å²) in [6, 6.07) is -3.55. The molecule has 6 heterocycles. The first-order chi connectivity index (χ1) is 67.0. The van der Waals surface area contributed by atoms with Crippen molar-refractivity contribution in [3.8, 4) is 0 Å². The van der Waals surface area contributed by atoms with E-state index in [0.717, 1.165) is 64.2 Å². The van der Waals surface area contributed by atoms with E-state index in [1.165, 1.54) is 56.4 Å². The molecule has 0 spiro atoms. The normalized spacial score (nSPS) is 32.5. The molecule has 0 aromatic carbocycles. The third-order valence-corrected chi connectivity index (χ3v) is 27.8. The second kappa shape index (κ2) is 56.4. The summed E-state index contributed by atoms with van der Waals surface area (Å²) >= 11 is 0. The van der Waals surface area contributed by atoms with Gasteiger partial charge in [-0.15, -0.1) is 10.2 Å². The lowest BCUT2D eigenvalue weighted by molar-refractivity contribution is -0.338. The van der Waals surface area contributed by atoms with Crippen LogP contribution in [0.15, 0.2) is 12.4 Å². The molecule has 48 heteroatoms. The van der Waals surface area contributed by atoms with Crippen molar-refractivity contribution in [3.63, 3.8) is 0 Å². The van der Waals surface area contributed by atoms with E-state index in [4.69, 9.17) is 56.8 Å². The molecule has 4 saturated heterocycles. The Bertz CT molecular complexity index is 4240. The maximum atomic E-state index is 14.2. The number of hydrogen-bond donors (Lipinski definition) is 19. The number of hydrogen-bond acceptors (Lipinski definition) is 37. The molecular formula is C92H149N13O35. The maximum Gasteiger partial charge on any atom is 0.332 e. The van der Waals surface area contributed by atoms with Crippen molar-refractivity contribution in [2.24, 2.45) is 35.5 Å². The minimum atomic E-state index is -1.74. The zero-order valence-electron chi connectivity index (χ0n) is 80.8. The zero-order chi connectivity index (χ0) is 102. The summed E-state index contributed by atoms with van der Waals surface area (Å²) in [7, 11) is 0. The van der Waals surface area contributed by atoms with Gasteiger partial charge in [0.15, 0.2) is 54.5 Å². The molecule has 4 aliphatic carbocycles. The number of aliphatic carboxylic acids is 2. The number of aromatic nitrogens is 6. The fourth-order valence-electron chi connectivity index (χ4n) is 19.9. The fraction of sp³-hybridized carbons (Fsp3) is 0.837. The van der Waals surface area contributed by atoms with E-state index in [9.17, 15) is 114 Å². The molecule has 140 heavy (non-hydrogen) atoms. The van der Waals surface area contributed by atoms with Gasteiger partial charge >= 0.3 is 11.9 Å². The molecule has 2 aromatic rings. The van der Waals surface area contributed by atoms with E-state index in [0.29, 0.717) is 38.5 Å². The topological polar surface area (TPSA) is 687 Å². The fourth-order valence-corrected chi connectivity index (χ4v) is 19.9. The summed E-state index contributed by atoms with van der Waals surface area (Å²) in [5, 5.41) is 165. The van der Waals surface area contributed by atoms with Crippen LogP contribution >= 0.6 is 0 Å². The highest BCUT2D eigenvalue weighted by atomic mass is 16.7. The number of carboxylic acid groups (broad SMARTS) is 2. The lowest BCUT2D eigenvalue weighted by Gasteiger charge is -2.49. The number of amides is 7. The number of nitrogens with zero attached hydrogens (tertiary/aromatic N) is 6. The summed E-state index contributed by atoms with van der Waals surface area (Å²) in [4.78, 5) is 145. The van der Waals surface area contributed by atoms with E-state index in [-0.39, 0.29) is 158 Å². The summed E-state index contributed by atoms with van der Waals surface area (Å²) in [5.74, 6) is -9.32. The van der Waals surface area contributed by atoms with E-state index in [1.807, 2.05) is 13.8 Å². The van der Waals surface area contributed by atoms with Gasteiger partial charge in [-0.3, -0.25) is 43.2 Å². The molecule has 0 bridgehead atoms. The van der Waals surface area contributed by atoms with E-state index in [2.05, 4.69) is 57.8 Å². The van der Waals surface area contributed by atoms with Crippen LogP contribution in [0.2, 0.25) is 0 Å². The van der Waals surface area contributed by atoms with Crippen molar-refractivity contribution < 1.29 is 171 Å². The standard InChI is InChI=1S/C92H149N13O35/c1-8-54-39-56(41-62(79(54)139-91-77(119)75(117)71(113)48(4)131-91)135-89-69(97-50(6)109)81(73(115)66(45-106)137-89)133-64(87(125)126)37-52-19-13-10-14-20-52)83(121)93-27-29-95-85(123)60-43-104(102-100-60)31-35-129-33-25-58(111)23-17-12-18-24-59(47(3)108)99-68(112)26-34-130-36-32-105-44-61(101-103-105)86(124)96-30-28-94-84(122)57-40-55(9-2)80(140-92-78(120)76(118)72(114)49(5)132-92)63(42-57)136-90-70(98-51(7)110)82(74(116)67(46-107)138-90)134-65(88(127)128)38-53-21-15-11-16-22-53/h43-44,48-49,52-57,59,62-67,69-82,89-92,106-107,113-120H,8-42,45-46H2,1-7H3,(H,93,121)(H,94,122)(H,95,123)(H,96,124)(H,97,109)(H,98,110)(H,99,112)(H,125,126)(H,127,128)/t48?,49?,54-,55-,56?,57?,59+,62-,63-,64+,65+,66?,67?,69?,70?,71-,72-,73-,74-,75?,76?,77+,78+,79-,80-,81?,82?,89-,90-,91+,92+/m1/s1. The molecule has 2 aromatic heterocycles. The number of unbranched alkanes of at least 4 members (excludes halogenated alkanes) is 2. The predicted octanol–water partition coefficient (Wildman–Crippen LogP) is -2.48. The molecule has 48 nitrogen and oxygen atoms in total. The lowest BCUT2D eigenvalue weighted by atomic mass is 9.75. The van der Waals surface area contributed by atoms with Gasteiger partial charge in [-0.1, -0.05) is 114 Å². The largest absolute Gasteiger partial charge is 0.479 e. The van der Waals surface area contributed by atoms with Gasteiger partial charge in [-0.05, 0) is 95.8 Å². The van der Waals surface area contributed by atoms with E-state index < -0.39 is 256 Å². The van der Waals surface area contributed by atoms with Gasteiger partial charge in [-0.25, -0.2) is 19.0 Å². The Morgan fingerprint density at radius 3 is 1.27 bits per heavy atom. The quantitative estimate of drug-likeness (QED) is 0.0305. The number of ether oxygens (including phenoxy) is 12. The van der Waals surface area contributed by atoms with Crippen LogP contribution in [-0.4, -0.2) is 387 Å². The zero-order valence-corrected chi connectivity index (χ0v) is 80.8. The first kappa shape index (κ1) is 114. The first-order valence-electron chi connectivity index (χ1n) is 49.6. The highest BCUT2D eigenvalue weighted by molar-refractivity contribution is 5.92. The van der Waals surface area contributed by atoms with Crippen LogP contribution in [0.1, 0.15) is 230 Å². The molecule has 4 saturated carbocycles. The highest BCUT2D eigenvalue weighted by Crippen LogP contribution is 2.44. The number of carboxylic acids is 2. The second-order valence-corrected chi connectivity index (χ2v) is 38.2. The van der Waals surface area contributed by atoms with Crippen molar-refractivity contribution >= 4 is 64.9 Å². The van der Waals surface area contributed by atoms with Crippen LogP contribution in [0.3, 0.4) is 0 Å².